The van der Waals surface area contributed by atoms with E-state index in [0.717, 1.165) is 13.1 Å². The molecular weight excluding hydrogens is 345 g/mol. The molecule has 2 N–H and O–H groups in total. The first-order valence-electron chi connectivity index (χ1n) is 7.88. The van der Waals surface area contributed by atoms with E-state index in [1.807, 2.05) is 4.90 Å². The highest BCUT2D eigenvalue weighted by molar-refractivity contribution is 5.85. The van der Waals surface area contributed by atoms with Crippen molar-refractivity contribution < 1.29 is 23.0 Å². The van der Waals surface area contributed by atoms with E-state index in [2.05, 4.69) is 5.32 Å². The standard InChI is InChI=1S/C16H23F3N2O2.ClH/c1-2-23-14-5-3-4-12(15(14)22)13(6-7-16(17,18)19)21-10-8-20-9-11-21;/h3-5,13,20,22H,2,6-11H2,1H3;1H/t13-;/m1./s1. The first kappa shape index (κ1) is 20.9. The van der Waals surface area contributed by atoms with Crippen LogP contribution in [-0.4, -0.2) is 49.0 Å². The van der Waals surface area contributed by atoms with Gasteiger partial charge in [-0.1, -0.05) is 12.1 Å². The topological polar surface area (TPSA) is 44.7 Å². The number of hydrogen-bond acceptors (Lipinski definition) is 4. The molecule has 0 aliphatic carbocycles. The second kappa shape index (κ2) is 9.34. The van der Waals surface area contributed by atoms with Gasteiger partial charge in [-0.25, -0.2) is 0 Å². The Kier molecular flexibility index (Phi) is 8.12. The maximum absolute atomic E-state index is 12.7. The lowest BCUT2D eigenvalue weighted by molar-refractivity contribution is -0.138. The second-order valence-corrected chi connectivity index (χ2v) is 5.58. The van der Waals surface area contributed by atoms with Gasteiger partial charge < -0.3 is 15.2 Å². The Balaban J connectivity index is 0.00000288. The number of nitrogens with zero attached hydrogens (tertiary/aromatic N) is 1. The zero-order valence-corrected chi connectivity index (χ0v) is 14.4. The lowest BCUT2D eigenvalue weighted by Gasteiger charge is -2.36. The van der Waals surface area contributed by atoms with Crippen molar-refractivity contribution in [3.8, 4) is 11.5 Å². The highest BCUT2D eigenvalue weighted by atomic mass is 35.5. The Bertz CT molecular complexity index is 509. The predicted octanol–water partition coefficient (Wildman–Crippen LogP) is 3.50. The summed E-state index contributed by atoms with van der Waals surface area (Å²) in [6.07, 6.45) is -5.16. The molecule has 4 nitrogen and oxygen atoms in total. The normalized spacial score (nSPS) is 17.2. The van der Waals surface area contributed by atoms with Crippen molar-refractivity contribution in [2.45, 2.75) is 32.0 Å². The summed E-state index contributed by atoms with van der Waals surface area (Å²) in [7, 11) is 0. The maximum atomic E-state index is 12.7. The number of alkyl halides is 3. The minimum absolute atomic E-state index is 0. The molecule has 0 radical (unpaired) electrons. The van der Waals surface area contributed by atoms with Crippen LogP contribution in [0.25, 0.3) is 0 Å². The minimum Gasteiger partial charge on any atom is -0.504 e. The molecule has 1 heterocycles. The summed E-state index contributed by atoms with van der Waals surface area (Å²) >= 11 is 0. The van der Waals surface area contributed by atoms with E-state index in [1.165, 1.54) is 0 Å². The molecule has 1 aromatic carbocycles. The predicted molar refractivity (Wildman–Crippen MR) is 89.0 cm³/mol. The highest BCUT2D eigenvalue weighted by Crippen LogP contribution is 2.39. The molecule has 24 heavy (non-hydrogen) atoms. The molecular formula is C16H24ClF3N2O2. The van der Waals surface area contributed by atoms with Gasteiger partial charge in [-0.3, -0.25) is 4.90 Å². The van der Waals surface area contributed by atoms with Crippen molar-refractivity contribution in [1.82, 2.24) is 10.2 Å². The Labute approximate surface area is 146 Å². The number of halogens is 4. The fourth-order valence-electron chi connectivity index (χ4n) is 2.91. The first-order chi connectivity index (χ1) is 10.9. The second-order valence-electron chi connectivity index (χ2n) is 5.58. The van der Waals surface area contributed by atoms with Gasteiger partial charge in [0.25, 0.3) is 0 Å². The summed E-state index contributed by atoms with van der Waals surface area (Å²) < 4.78 is 43.4. The molecule has 1 aliphatic rings. The van der Waals surface area contributed by atoms with E-state index in [-0.39, 0.29) is 24.6 Å². The van der Waals surface area contributed by atoms with Gasteiger partial charge in [-0.05, 0) is 19.4 Å². The SMILES string of the molecule is CCOc1cccc([C@@H](CCC(F)(F)F)N2CCNCC2)c1O.Cl. The zero-order valence-electron chi connectivity index (χ0n) is 13.6. The van der Waals surface area contributed by atoms with Crippen LogP contribution < -0.4 is 10.1 Å². The molecule has 1 saturated heterocycles. The molecule has 138 valence electrons. The molecule has 0 unspecified atom stereocenters. The molecule has 1 atom stereocenters. The van der Waals surface area contributed by atoms with Crippen LogP contribution in [0.1, 0.15) is 31.4 Å². The number of rotatable bonds is 6. The van der Waals surface area contributed by atoms with Crippen molar-refractivity contribution in [2.24, 2.45) is 0 Å². The van der Waals surface area contributed by atoms with Gasteiger partial charge in [0.1, 0.15) is 0 Å². The number of nitrogens with one attached hydrogen (secondary N) is 1. The van der Waals surface area contributed by atoms with Gasteiger partial charge in [0.05, 0.1) is 6.61 Å². The van der Waals surface area contributed by atoms with Crippen LogP contribution >= 0.6 is 12.4 Å². The largest absolute Gasteiger partial charge is 0.504 e. The van der Waals surface area contributed by atoms with Gasteiger partial charge in [0, 0.05) is 44.2 Å². The van der Waals surface area contributed by atoms with Crippen molar-refractivity contribution in [2.75, 3.05) is 32.8 Å². The molecule has 0 aromatic heterocycles. The van der Waals surface area contributed by atoms with Crippen LogP contribution in [0.15, 0.2) is 18.2 Å². The number of phenolic OH excluding ortho intramolecular Hbond substituents is 1. The summed E-state index contributed by atoms with van der Waals surface area (Å²) in [5.41, 5.74) is 0.502. The number of hydrogen-bond donors (Lipinski definition) is 2. The zero-order chi connectivity index (χ0) is 16.9. The summed E-state index contributed by atoms with van der Waals surface area (Å²) in [6.45, 7) is 4.95. The number of ether oxygens (including phenoxy) is 1. The third kappa shape index (κ3) is 5.72. The monoisotopic (exact) mass is 368 g/mol. The van der Waals surface area contributed by atoms with Crippen molar-refractivity contribution >= 4 is 12.4 Å². The summed E-state index contributed by atoms with van der Waals surface area (Å²) in [5.74, 6) is 0.261. The summed E-state index contributed by atoms with van der Waals surface area (Å²) in [6, 6.07) is 4.55. The van der Waals surface area contributed by atoms with Gasteiger partial charge in [0.2, 0.25) is 0 Å². The number of para-hydroxylation sites is 1. The highest BCUT2D eigenvalue weighted by Gasteiger charge is 2.32. The fraction of sp³-hybridized carbons (Fsp3) is 0.625. The van der Waals surface area contributed by atoms with Crippen LogP contribution in [0, 0.1) is 0 Å². The van der Waals surface area contributed by atoms with E-state index >= 15 is 0 Å². The summed E-state index contributed by atoms with van der Waals surface area (Å²) in [4.78, 5) is 1.99. The minimum atomic E-state index is -4.21. The Morgan fingerprint density at radius 3 is 2.54 bits per heavy atom. The van der Waals surface area contributed by atoms with Crippen LogP contribution in [0.3, 0.4) is 0 Å². The molecule has 0 amide bonds. The van der Waals surface area contributed by atoms with E-state index < -0.39 is 18.6 Å². The quantitative estimate of drug-likeness (QED) is 0.806. The smallest absolute Gasteiger partial charge is 0.389 e. The molecule has 1 aromatic rings. The van der Waals surface area contributed by atoms with Crippen LogP contribution in [0.4, 0.5) is 13.2 Å². The maximum Gasteiger partial charge on any atom is 0.389 e. The molecule has 1 aliphatic heterocycles. The lowest BCUT2D eigenvalue weighted by Crippen LogP contribution is -2.45. The average Bonchev–Trinajstić information content (AvgIpc) is 2.51. The van der Waals surface area contributed by atoms with E-state index in [1.54, 1.807) is 25.1 Å². The van der Waals surface area contributed by atoms with Gasteiger partial charge in [0.15, 0.2) is 11.5 Å². The molecule has 0 spiro atoms. The van der Waals surface area contributed by atoms with E-state index in [9.17, 15) is 18.3 Å². The molecule has 0 saturated carbocycles. The van der Waals surface area contributed by atoms with Crippen molar-refractivity contribution in [1.29, 1.82) is 0 Å². The molecule has 2 rings (SSSR count). The number of benzene rings is 1. The van der Waals surface area contributed by atoms with E-state index in [0.29, 0.717) is 31.0 Å². The van der Waals surface area contributed by atoms with Crippen LogP contribution in [-0.2, 0) is 0 Å². The Hall–Kier alpha value is -1.18. The average molecular weight is 369 g/mol. The number of piperazine rings is 1. The molecule has 0 bridgehead atoms. The Morgan fingerprint density at radius 2 is 1.96 bits per heavy atom. The number of aromatic hydroxyl groups is 1. The lowest BCUT2D eigenvalue weighted by atomic mass is 9.98. The van der Waals surface area contributed by atoms with Crippen molar-refractivity contribution in [3.63, 3.8) is 0 Å². The van der Waals surface area contributed by atoms with Gasteiger partial charge in [-0.15, -0.1) is 12.4 Å². The third-order valence-corrected chi connectivity index (χ3v) is 3.98. The van der Waals surface area contributed by atoms with Gasteiger partial charge >= 0.3 is 6.18 Å². The summed E-state index contributed by atoms with van der Waals surface area (Å²) in [5, 5.41) is 13.6. The molecule has 1 fully saturated rings. The van der Waals surface area contributed by atoms with Gasteiger partial charge in [-0.2, -0.15) is 13.2 Å². The fourth-order valence-corrected chi connectivity index (χ4v) is 2.91. The Morgan fingerprint density at radius 1 is 1.29 bits per heavy atom. The first-order valence-corrected chi connectivity index (χ1v) is 7.88. The van der Waals surface area contributed by atoms with Crippen molar-refractivity contribution in [3.05, 3.63) is 23.8 Å². The van der Waals surface area contributed by atoms with Crippen LogP contribution in [0.2, 0.25) is 0 Å². The molecule has 8 heteroatoms. The van der Waals surface area contributed by atoms with Crippen LogP contribution in [0.5, 0.6) is 11.5 Å². The third-order valence-electron chi connectivity index (χ3n) is 3.98. The van der Waals surface area contributed by atoms with E-state index in [4.69, 9.17) is 4.74 Å². The number of phenols is 1.